The van der Waals surface area contributed by atoms with Gasteiger partial charge in [0.2, 0.25) is 0 Å². The zero-order valence-electron chi connectivity index (χ0n) is 11.5. The van der Waals surface area contributed by atoms with E-state index in [0.29, 0.717) is 6.61 Å². The van der Waals surface area contributed by atoms with Crippen molar-refractivity contribution >= 4 is 0 Å². The summed E-state index contributed by atoms with van der Waals surface area (Å²) in [5, 5.41) is 10.3. The van der Waals surface area contributed by atoms with Gasteiger partial charge in [-0.15, -0.1) is 0 Å². The molecule has 0 aliphatic carbocycles. The van der Waals surface area contributed by atoms with Crippen molar-refractivity contribution in [1.29, 1.82) is 0 Å². The third kappa shape index (κ3) is 2.84. The predicted molar refractivity (Wildman–Crippen MR) is 61.7 cm³/mol. The van der Waals surface area contributed by atoms with Crippen molar-refractivity contribution < 1.29 is 28.8 Å². The van der Waals surface area contributed by atoms with E-state index in [2.05, 4.69) is 0 Å². The Bertz CT molecular complexity index is 303. The third-order valence-electron chi connectivity index (χ3n) is 3.07. The van der Waals surface area contributed by atoms with Crippen LogP contribution in [0.2, 0.25) is 0 Å². The van der Waals surface area contributed by atoms with E-state index in [9.17, 15) is 5.11 Å². The maximum absolute atomic E-state index is 10.3. The van der Waals surface area contributed by atoms with Gasteiger partial charge in [0, 0.05) is 7.11 Å². The molecule has 0 amide bonds. The summed E-state index contributed by atoms with van der Waals surface area (Å²) in [4.78, 5) is 0. The average molecular weight is 262 g/mol. The molecular weight excluding hydrogens is 240 g/mol. The number of hydrogen-bond donors (Lipinski definition) is 1. The standard InChI is InChI=1S/C12H22O6/c1-11(2)15-6-7(16-11)8(13)9-10(14-5)18-12(3,4)17-9/h7-10,13H,6H2,1-5H3/t7-,8-,9-,10-/m1/s1. The molecule has 0 aromatic carbocycles. The molecule has 0 radical (unpaired) electrons. The lowest BCUT2D eigenvalue weighted by molar-refractivity contribution is -0.183. The molecule has 2 saturated heterocycles. The van der Waals surface area contributed by atoms with Gasteiger partial charge >= 0.3 is 0 Å². The Morgan fingerprint density at radius 3 is 2.28 bits per heavy atom. The van der Waals surface area contributed by atoms with Gasteiger partial charge in [-0.05, 0) is 27.7 Å². The Hall–Kier alpha value is -0.240. The fourth-order valence-electron chi connectivity index (χ4n) is 2.27. The highest BCUT2D eigenvalue weighted by Gasteiger charge is 2.50. The molecule has 0 spiro atoms. The van der Waals surface area contributed by atoms with Crippen molar-refractivity contribution in [1.82, 2.24) is 0 Å². The van der Waals surface area contributed by atoms with Crippen LogP contribution in [0.3, 0.4) is 0 Å². The first-order chi connectivity index (χ1) is 8.24. The first kappa shape index (κ1) is 14.2. The fourth-order valence-corrected chi connectivity index (χ4v) is 2.27. The van der Waals surface area contributed by atoms with Gasteiger partial charge in [0.1, 0.15) is 18.3 Å². The molecule has 0 saturated carbocycles. The van der Waals surface area contributed by atoms with Crippen LogP contribution in [0, 0.1) is 0 Å². The summed E-state index contributed by atoms with van der Waals surface area (Å²) >= 11 is 0. The van der Waals surface area contributed by atoms with E-state index in [-0.39, 0.29) is 0 Å². The number of hydrogen-bond acceptors (Lipinski definition) is 6. The van der Waals surface area contributed by atoms with Crippen LogP contribution in [-0.4, -0.2) is 55.0 Å². The smallest absolute Gasteiger partial charge is 0.189 e. The van der Waals surface area contributed by atoms with Crippen LogP contribution in [0.4, 0.5) is 0 Å². The summed E-state index contributed by atoms with van der Waals surface area (Å²) < 4.78 is 27.4. The molecule has 6 nitrogen and oxygen atoms in total. The summed E-state index contributed by atoms with van der Waals surface area (Å²) in [6, 6.07) is 0. The van der Waals surface area contributed by atoms with E-state index in [1.54, 1.807) is 13.8 Å². The number of aliphatic hydroxyl groups is 1. The maximum Gasteiger partial charge on any atom is 0.189 e. The Balaban J connectivity index is 2.02. The first-order valence-electron chi connectivity index (χ1n) is 6.12. The molecule has 0 aromatic rings. The van der Waals surface area contributed by atoms with Crippen LogP contribution in [0.1, 0.15) is 27.7 Å². The van der Waals surface area contributed by atoms with Crippen molar-refractivity contribution in [3.05, 3.63) is 0 Å². The minimum absolute atomic E-state index is 0.324. The molecule has 6 heteroatoms. The second kappa shape index (κ2) is 4.70. The van der Waals surface area contributed by atoms with Gasteiger partial charge < -0.3 is 28.8 Å². The molecule has 2 heterocycles. The highest BCUT2D eigenvalue weighted by Crippen LogP contribution is 2.34. The second-order valence-corrected chi connectivity index (χ2v) is 5.56. The normalized spacial score (nSPS) is 40.0. The van der Waals surface area contributed by atoms with Crippen LogP contribution < -0.4 is 0 Å². The van der Waals surface area contributed by atoms with Crippen molar-refractivity contribution in [3.63, 3.8) is 0 Å². The van der Waals surface area contributed by atoms with E-state index in [1.165, 1.54) is 7.11 Å². The predicted octanol–water partition coefficient (Wildman–Crippen LogP) is 0.623. The number of ether oxygens (including phenoxy) is 5. The van der Waals surface area contributed by atoms with Gasteiger partial charge in [-0.3, -0.25) is 0 Å². The Morgan fingerprint density at radius 2 is 1.78 bits per heavy atom. The van der Waals surface area contributed by atoms with E-state index in [4.69, 9.17) is 23.7 Å². The van der Waals surface area contributed by atoms with Gasteiger partial charge in [-0.1, -0.05) is 0 Å². The summed E-state index contributed by atoms with van der Waals surface area (Å²) in [6.45, 7) is 7.50. The van der Waals surface area contributed by atoms with Gasteiger partial charge in [0.15, 0.2) is 17.9 Å². The van der Waals surface area contributed by atoms with Crippen molar-refractivity contribution in [2.75, 3.05) is 13.7 Å². The molecule has 0 unspecified atom stereocenters. The lowest BCUT2D eigenvalue weighted by Crippen LogP contribution is -2.45. The summed E-state index contributed by atoms with van der Waals surface area (Å²) in [5.41, 5.74) is 0. The number of aliphatic hydroxyl groups excluding tert-OH is 1. The largest absolute Gasteiger partial charge is 0.387 e. The number of methoxy groups -OCH3 is 1. The zero-order chi connectivity index (χ0) is 13.6. The molecule has 2 fully saturated rings. The average Bonchev–Trinajstić information content (AvgIpc) is 2.77. The molecule has 2 rings (SSSR count). The topological polar surface area (TPSA) is 66.4 Å². The summed E-state index contributed by atoms with van der Waals surface area (Å²) in [7, 11) is 1.52. The van der Waals surface area contributed by atoms with Gasteiger partial charge in [-0.2, -0.15) is 0 Å². The fraction of sp³-hybridized carbons (Fsp3) is 1.00. The third-order valence-corrected chi connectivity index (χ3v) is 3.07. The monoisotopic (exact) mass is 262 g/mol. The molecule has 2 aliphatic heterocycles. The van der Waals surface area contributed by atoms with E-state index >= 15 is 0 Å². The molecular formula is C12H22O6. The van der Waals surface area contributed by atoms with E-state index in [0.717, 1.165) is 0 Å². The molecule has 18 heavy (non-hydrogen) atoms. The molecule has 106 valence electrons. The molecule has 4 atom stereocenters. The number of rotatable bonds is 3. The van der Waals surface area contributed by atoms with Crippen LogP contribution in [0.25, 0.3) is 0 Å². The van der Waals surface area contributed by atoms with Crippen LogP contribution in [-0.2, 0) is 23.7 Å². The Kier molecular flexibility index (Phi) is 3.70. The van der Waals surface area contributed by atoms with Crippen molar-refractivity contribution in [2.24, 2.45) is 0 Å². The minimum Gasteiger partial charge on any atom is -0.387 e. The molecule has 0 aromatic heterocycles. The Labute approximate surface area is 107 Å². The highest BCUT2D eigenvalue weighted by molar-refractivity contribution is 4.89. The quantitative estimate of drug-likeness (QED) is 0.804. The van der Waals surface area contributed by atoms with Crippen molar-refractivity contribution in [3.8, 4) is 0 Å². The van der Waals surface area contributed by atoms with E-state index < -0.39 is 36.2 Å². The molecule has 0 bridgehead atoms. The van der Waals surface area contributed by atoms with Gasteiger partial charge in [0.05, 0.1) is 6.61 Å². The SMILES string of the molecule is CO[C@@H]1OC(C)(C)O[C@@H]1[C@H](O)[C@H]1COC(C)(C)O1. The Morgan fingerprint density at radius 1 is 1.11 bits per heavy atom. The summed E-state index contributed by atoms with van der Waals surface area (Å²) in [5.74, 6) is -1.45. The van der Waals surface area contributed by atoms with Gasteiger partial charge in [-0.25, -0.2) is 0 Å². The second-order valence-electron chi connectivity index (χ2n) is 5.56. The van der Waals surface area contributed by atoms with Gasteiger partial charge in [0.25, 0.3) is 0 Å². The van der Waals surface area contributed by atoms with Crippen LogP contribution in [0.5, 0.6) is 0 Å². The van der Waals surface area contributed by atoms with Crippen LogP contribution >= 0.6 is 0 Å². The lowest BCUT2D eigenvalue weighted by Gasteiger charge is -2.26. The van der Waals surface area contributed by atoms with Crippen LogP contribution in [0.15, 0.2) is 0 Å². The maximum atomic E-state index is 10.3. The lowest BCUT2D eigenvalue weighted by atomic mass is 10.1. The zero-order valence-corrected chi connectivity index (χ0v) is 11.5. The first-order valence-corrected chi connectivity index (χ1v) is 6.12. The molecule has 1 N–H and O–H groups in total. The molecule has 2 aliphatic rings. The minimum atomic E-state index is -0.863. The highest BCUT2D eigenvalue weighted by atomic mass is 16.8. The summed E-state index contributed by atoms with van der Waals surface area (Å²) in [6.07, 6.45) is -2.51. The van der Waals surface area contributed by atoms with E-state index in [1.807, 2.05) is 13.8 Å². The van der Waals surface area contributed by atoms with Crippen molar-refractivity contribution in [2.45, 2.75) is 63.9 Å².